The van der Waals surface area contributed by atoms with Gasteiger partial charge in [-0.3, -0.25) is 4.79 Å². The molecule has 2 aliphatic heterocycles. The Hall–Kier alpha value is 0.0200. The molecule has 0 spiro atoms. The number of hydrogen-bond acceptors (Lipinski definition) is 5. The minimum Gasteiger partial charge on any atom is -0.299 e. The molecule has 0 aliphatic carbocycles. The summed E-state index contributed by atoms with van der Waals surface area (Å²) < 4.78 is 22.3. The van der Waals surface area contributed by atoms with Gasteiger partial charge >= 0.3 is 0 Å². The summed E-state index contributed by atoms with van der Waals surface area (Å²) in [6, 6.07) is 0. The van der Waals surface area contributed by atoms with E-state index in [1.807, 2.05) is 0 Å². The van der Waals surface area contributed by atoms with E-state index < -0.39 is 10.0 Å². The summed E-state index contributed by atoms with van der Waals surface area (Å²) in [5, 5.41) is 5.00. The summed E-state index contributed by atoms with van der Waals surface area (Å²) in [7, 11) is -3.63. The molecule has 0 aromatic rings. The van der Waals surface area contributed by atoms with Crippen molar-refractivity contribution in [2.75, 3.05) is 5.75 Å². The number of fused-ring (bicyclic) bond motifs is 1. The second-order valence-corrected chi connectivity index (χ2v) is 7.65. The zero-order valence-electron chi connectivity index (χ0n) is 7.17. The highest BCUT2D eigenvalue weighted by molar-refractivity contribution is 8.26. The maximum atomic E-state index is 11.4. The minimum absolute atomic E-state index is 0.0181. The van der Waals surface area contributed by atoms with E-state index in [1.54, 1.807) is 11.8 Å². The van der Waals surface area contributed by atoms with Crippen LogP contribution < -0.4 is 5.14 Å². The van der Waals surface area contributed by atoms with Crippen LogP contribution in [0.3, 0.4) is 0 Å². The van der Waals surface area contributed by atoms with Gasteiger partial charge in [0.05, 0.1) is 10.5 Å². The number of Topliss-reactive ketones (excluding diaryl/α,β-unsaturated/α-hetero) is 1. The number of thioether (sulfide) groups is 2. The lowest BCUT2D eigenvalue weighted by Gasteiger charge is -2.21. The Balaban J connectivity index is 2.28. The first kappa shape index (κ1) is 10.5. The topological polar surface area (TPSA) is 77.2 Å². The van der Waals surface area contributed by atoms with Gasteiger partial charge in [-0.25, -0.2) is 13.6 Å². The molecule has 0 amide bonds. The highest BCUT2D eigenvalue weighted by Crippen LogP contribution is 2.47. The Morgan fingerprint density at radius 2 is 2.21 bits per heavy atom. The molecule has 0 aromatic carbocycles. The molecular weight excluding hydrogens is 242 g/mol. The van der Waals surface area contributed by atoms with Crippen LogP contribution in [-0.4, -0.2) is 24.5 Å². The highest BCUT2D eigenvalue weighted by atomic mass is 32.3. The fraction of sp³-hybridized carbons (Fsp3) is 0.571. The second-order valence-electron chi connectivity index (χ2n) is 3.13. The first-order valence-corrected chi connectivity index (χ1v) is 7.51. The van der Waals surface area contributed by atoms with Crippen molar-refractivity contribution in [1.29, 1.82) is 0 Å². The Labute approximate surface area is 90.7 Å². The molecule has 2 unspecified atom stereocenters. The molecule has 2 rings (SSSR count). The van der Waals surface area contributed by atoms with Gasteiger partial charge in [-0.05, 0) is 6.08 Å². The van der Waals surface area contributed by atoms with E-state index >= 15 is 0 Å². The van der Waals surface area contributed by atoms with Crippen molar-refractivity contribution in [3.05, 3.63) is 10.3 Å². The SMILES string of the molecule is NS(=O)(=O)C1=CC2C(=O)CCSC2S1. The summed E-state index contributed by atoms with van der Waals surface area (Å²) in [4.78, 5) is 11.4. The third-order valence-corrected chi connectivity index (χ3v) is 6.46. The molecule has 7 heteroatoms. The monoisotopic (exact) mass is 251 g/mol. The van der Waals surface area contributed by atoms with Crippen LogP contribution in [0.5, 0.6) is 0 Å². The molecular formula is C7H9NO3S3. The van der Waals surface area contributed by atoms with E-state index in [2.05, 4.69) is 0 Å². The van der Waals surface area contributed by atoms with Gasteiger partial charge in [-0.1, -0.05) is 11.8 Å². The molecule has 1 fully saturated rings. The number of primary sulfonamides is 1. The molecule has 0 saturated carbocycles. The van der Waals surface area contributed by atoms with Crippen LogP contribution in [-0.2, 0) is 14.8 Å². The third kappa shape index (κ3) is 1.86. The number of allylic oxidation sites excluding steroid dienone is 1. The van der Waals surface area contributed by atoms with Gasteiger partial charge in [0.25, 0.3) is 0 Å². The largest absolute Gasteiger partial charge is 0.299 e. The lowest BCUT2D eigenvalue weighted by atomic mass is 10.0. The Kier molecular flexibility index (Phi) is 2.67. The van der Waals surface area contributed by atoms with Crippen molar-refractivity contribution < 1.29 is 13.2 Å². The van der Waals surface area contributed by atoms with Crippen molar-refractivity contribution in [2.45, 2.75) is 11.0 Å². The van der Waals surface area contributed by atoms with Crippen molar-refractivity contribution in [2.24, 2.45) is 11.1 Å². The predicted molar refractivity (Wildman–Crippen MR) is 58.1 cm³/mol. The maximum absolute atomic E-state index is 11.4. The number of hydrogen-bond donors (Lipinski definition) is 1. The number of ketones is 1. The van der Waals surface area contributed by atoms with Gasteiger partial charge in [-0.2, -0.15) is 0 Å². The third-order valence-electron chi connectivity index (χ3n) is 2.12. The molecule has 2 N–H and O–H groups in total. The lowest BCUT2D eigenvalue weighted by Crippen LogP contribution is -2.24. The van der Waals surface area contributed by atoms with Crippen molar-refractivity contribution in [3.8, 4) is 0 Å². The smallest absolute Gasteiger partial charge is 0.243 e. The normalized spacial score (nSPS) is 32.6. The Morgan fingerprint density at radius 1 is 1.50 bits per heavy atom. The Bertz CT molecular complexity index is 400. The number of nitrogens with two attached hydrogens (primary N) is 1. The maximum Gasteiger partial charge on any atom is 0.243 e. The van der Waals surface area contributed by atoms with Gasteiger partial charge in [0.1, 0.15) is 10.0 Å². The summed E-state index contributed by atoms with van der Waals surface area (Å²) in [5.41, 5.74) is 0. The minimum atomic E-state index is -3.63. The summed E-state index contributed by atoms with van der Waals surface area (Å²) >= 11 is 2.82. The first-order valence-electron chi connectivity index (χ1n) is 4.04. The van der Waals surface area contributed by atoms with E-state index in [0.717, 1.165) is 5.75 Å². The molecule has 2 aliphatic rings. The second kappa shape index (κ2) is 3.55. The summed E-state index contributed by atoms with van der Waals surface area (Å²) in [6.45, 7) is 0. The van der Waals surface area contributed by atoms with Crippen LogP contribution in [0.4, 0.5) is 0 Å². The molecule has 2 heterocycles. The van der Waals surface area contributed by atoms with Crippen LogP contribution >= 0.6 is 23.5 Å². The number of rotatable bonds is 1. The van der Waals surface area contributed by atoms with Crippen LogP contribution in [0.25, 0.3) is 0 Å². The molecule has 1 saturated heterocycles. The number of carbonyl (C=O) groups is 1. The average molecular weight is 251 g/mol. The van der Waals surface area contributed by atoms with Gasteiger partial charge in [0.2, 0.25) is 10.0 Å². The summed E-state index contributed by atoms with van der Waals surface area (Å²) in [5.74, 6) is 0.644. The van der Waals surface area contributed by atoms with E-state index in [0.29, 0.717) is 6.42 Å². The average Bonchev–Trinajstić information content (AvgIpc) is 2.48. The predicted octanol–water partition coefficient (Wildman–Crippen LogP) is 0.511. The highest BCUT2D eigenvalue weighted by Gasteiger charge is 2.39. The fourth-order valence-electron chi connectivity index (χ4n) is 1.44. The molecule has 2 atom stereocenters. The summed E-state index contributed by atoms with van der Waals surface area (Å²) in [6.07, 6.45) is 2.03. The molecule has 0 bridgehead atoms. The zero-order valence-corrected chi connectivity index (χ0v) is 9.62. The van der Waals surface area contributed by atoms with Gasteiger partial charge in [0.15, 0.2) is 0 Å². The standard InChI is InChI=1S/C7H9NO3S3/c8-14(10,11)6-3-4-5(9)1-2-12-7(4)13-6/h3-4,7H,1-2H2,(H2,8,10,11). The van der Waals surface area contributed by atoms with Crippen molar-refractivity contribution >= 4 is 39.3 Å². The fourth-order valence-corrected chi connectivity index (χ4v) is 5.50. The molecule has 78 valence electrons. The van der Waals surface area contributed by atoms with Gasteiger partial charge in [0, 0.05) is 12.2 Å². The number of carbonyl (C=O) groups excluding carboxylic acids is 1. The van der Waals surface area contributed by atoms with Crippen molar-refractivity contribution in [1.82, 2.24) is 0 Å². The van der Waals surface area contributed by atoms with E-state index in [9.17, 15) is 13.2 Å². The van der Waals surface area contributed by atoms with Gasteiger partial charge < -0.3 is 0 Å². The first-order chi connectivity index (χ1) is 6.48. The molecule has 0 radical (unpaired) electrons. The lowest BCUT2D eigenvalue weighted by molar-refractivity contribution is -0.120. The van der Waals surface area contributed by atoms with Crippen molar-refractivity contribution in [3.63, 3.8) is 0 Å². The van der Waals surface area contributed by atoms with Crippen LogP contribution in [0.15, 0.2) is 10.3 Å². The quantitative estimate of drug-likeness (QED) is 0.735. The van der Waals surface area contributed by atoms with Crippen LogP contribution in [0.2, 0.25) is 0 Å². The number of sulfonamides is 1. The zero-order chi connectivity index (χ0) is 10.3. The van der Waals surface area contributed by atoms with E-state index in [1.165, 1.54) is 17.8 Å². The molecule has 0 aromatic heterocycles. The van der Waals surface area contributed by atoms with Gasteiger partial charge in [-0.15, -0.1) is 11.8 Å². The van der Waals surface area contributed by atoms with E-state index in [-0.39, 0.29) is 20.5 Å². The molecule has 14 heavy (non-hydrogen) atoms. The van der Waals surface area contributed by atoms with E-state index in [4.69, 9.17) is 5.14 Å². The molecule has 4 nitrogen and oxygen atoms in total. The van der Waals surface area contributed by atoms with Crippen LogP contribution in [0, 0.1) is 5.92 Å². The Morgan fingerprint density at radius 3 is 2.79 bits per heavy atom. The van der Waals surface area contributed by atoms with Crippen LogP contribution in [0.1, 0.15) is 6.42 Å².